The molecule has 2 heteroatoms. The Bertz CT molecular complexity index is 285. The van der Waals surface area contributed by atoms with E-state index in [9.17, 15) is 5.11 Å². The van der Waals surface area contributed by atoms with Gasteiger partial charge in [0.25, 0.3) is 0 Å². The van der Waals surface area contributed by atoms with Gasteiger partial charge in [-0.05, 0) is 25.5 Å². The largest absolute Gasteiger partial charge is 0.383 e. The molecule has 0 aromatic heterocycles. The quantitative estimate of drug-likeness (QED) is 0.676. The summed E-state index contributed by atoms with van der Waals surface area (Å²) in [6, 6.07) is 10.0. The molecule has 0 unspecified atom stereocenters. The SMILES string of the molecule is C[C@H]1NCC[C@]1(O)c1ccccc1. The Balaban J connectivity index is 2.34. The number of hydrogen-bond donors (Lipinski definition) is 2. The number of aliphatic hydroxyl groups is 1. The van der Waals surface area contributed by atoms with Crippen molar-refractivity contribution in [3.63, 3.8) is 0 Å². The van der Waals surface area contributed by atoms with E-state index in [1.165, 1.54) is 0 Å². The van der Waals surface area contributed by atoms with Crippen LogP contribution in [0.5, 0.6) is 0 Å². The number of rotatable bonds is 1. The lowest BCUT2D eigenvalue weighted by atomic mass is 9.88. The molecule has 0 bridgehead atoms. The van der Waals surface area contributed by atoms with Crippen LogP contribution in [0, 0.1) is 0 Å². The number of benzene rings is 1. The predicted molar refractivity (Wildman–Crippen MR) is 52.4 cm³/mol. The first-order chi connectivity index (χ1) is 6.23. The van der Waals surface area contributed by atoms with Crippen molar-refractivity contribution in [2.75, 3.05) is 6.54 Å². The summed E-state index contributed by atoms with van der Waals surface area (Å²) in [6.07, 6.45) is 0.804. The average Bonchev–Trinajstić information content (AvgIpc) is 2.50. The summed E-state index contributed by atoms with van der Waals surface area (Å²) in [5.41, 5.74) is 0.355. The van der Waals surface area contributed by atoms with Gasteiger partial charge in [0.15, 0.2) is 0 Å². The molecule has 2 atom stereocenters. The molecule has 2 nitrogen and oxygen atoms in total. The van der Waals surface area contributed by atoms with Crippen LogP contribution in [0.2, 0.25) is 0 Å². The summed E-state index contributed by atoms with van der Waals surface area (Å²) < 4.78 is 0. The van der Waals surface area contributed by atoms with Gasteiger partial charge in [-0.15, -0.1) is 0 Å². The lowest BCUT2D eigenvalue weighted by Gasteiger charge is -2.27. The second-order valence-corrected chi connectivity index (χ2v) is 3.72. The van der Waals surface area contributed by atoms with Crippen molar-refractivity contribution in [1.82, 2.24) is 5.32 Å². The minimum atomic E-state index is -0.665. The van der Waals surface area contributed by atoms with Gasteiger partial charge < -0.3 is 10.4 Å². The summed E-state index contributed by atoms with van der Waals surface area (Å²) in [5, 5.41) is 13.6. The molecular weight excluding hydrogens is 162 g/mol. The molecule has 1 fully saturated rings. The second kappa shape index (κ2) is 3.13. The van der Waals surface area contributed by atoms with E-state index in [0.717, 1.165) is 18.5 Å². The highest BCUT2D eigenvalue weighted by atomic mass is 16.3. The Kier molecular flexibility index (Phi) is 2.10. The third kappa shape index (κ3) is 1.36. The van der Waals surface area contributed by atoms with E-state index in [-0.39, 0.29) is 6.04 Å². The molecule has 70 valence electrons. The zero-order valence-electron chi connectivity index (χ0n) is 7.83. The van der Waals surface area contributed by atoms with Gasteiger partial charge in [0, 0.05) is 6.04 Å². The number of nitrogens with one attached hydrogen (secondary N) is 1. The summed E-state index contributed by atoms with van der Waals surface area (Å²) >= 11 is 0. The maximum Gasteiger partial charge on any atom is 0.106 e. The van der Waals surface area contributed by atoms with E-state index < -0.39 is 5.60 Å². The zero-order valence-corrected chi connectivity index (χ0v) is 7.83. The average molecular weight is 177 g/mol. The smallest absolute Gasteiger partial charge is 0.106 e. The van der Waals surface area contributed by atoms with Crippen LogP contribution in [-0.2, 0) is 5.60 Å². The van der Waals surface area contributed by atoms with Gasteiger partial charge in [0.05, 0.1) is 0 Å². The molecule has 2 N–H and O–H groups in total. The Morgan fingerprint density at radius 3 is 2.62 bits per heavy atom. The van der Waals surface area contributed by atoms with Crippen molar-refractivity contribution in [2.45, 2.75) is 25.0 Å². The molecule has 1 aromatic carbocycles. The summed E-state index contributed by atoms with van der Waals surface area (Å²) in [6.45, 7) is 2.92. The van der Waals surface area contributed by atoms with Gasteiger partial charge >= 0.3 is 0 Å². The first-order valence-corrected chi connectivity index (χ1v) is 4.75. The van der Waals surface area contributed by atoms with Crippen molar-refractivity contribution in [1.29, 1.82) is 0 Å². The Morgan fingerprint density at radius 1 is 1.38 bits per heavy atom. The molecule has 0 spiro atoms. The van der Waals surface area contributed by atoms with E-state index in [0.29, 0.717) is 0 Å². The van der Waals surface area contributed by atoms with E-state index in [1.807, 2.05) is 37.3 Å². The van der Waals surface area contributed by atoms with Crippen LogP contribution < -0.4 is 5.32 Å². The van der Waals surface area contributed by atoms with E-state index in [1.54, 1.807) is 0 Å². The summed E-state index contributed by atoms with van der Waals surface area (Å²) in [7, 11) is 0. The normalized spacial score (nSPS) is 33.5. The molecule has 2 rings (SSSR count). The van der Waals surface area contributed by atoms with Crippen molar-refractivity contribution >= 4 is 0 Å². The van der Waals surface area contributed by atoms with Crippen LogP contribution in [-0.4, -0.2) is 17.7 Å². The fourth-order valence-electron chi connectivity index (χ4n) is 1.99. The maximum absolute atomic E-state index is 10.4. The minimum absolute atomic E-state index is 0.148. The van der Waals surface area contributed by atoms with Crippen LogP contribution in [0.3, 0.4) is 0 Å². The molecule has 1 heterocycles. The number of hydrogen-bond acceptors (Lipinski definition) is 2. The van der Waals surface area contributed by atoms with Gasteiger partial charge in [-0.2, -0.15) is 0 Å². The summed E-state index contributed by atoms with van der Waals surface area (Å²) in [4.78, 5) is 0. The Hall–Kier alpha value is -0.860. The van der Waals surface area contributed by atoms with Crippen LogP contribution >= 0.6 is 0 Å². The van der Waals surface area contributed by atoms with Crippen LogP contribution in [0.4, 0.5) is 0 Å². The predicted octanol–water partition coefficient (Wildman–Crippen LogP) is 1.26. The van der Waals surface area contributed by atoms with Crippen molar-refractivity contribution in [3.05, 3.63) is 35.9 Å². The van der Waals surface area contributed by atoms with Gasteiger partial charge in [0.1, 0.15) is 5.60 Å². The van der Waals surface area contributed by atoms with Crippen LogP contribution in [0.25, 0.3) is 0 Å². The zero-order chi connectivity index (χ0) is 9.31. The topological polar surface area (TPSA) is 32.3 Å². The van der Waals surface area contributed by atoms with Gasteiger partial charge in [-0.1, -0.05) is 30.3 Å². The third-order valence-corrected chi connectivity index (χ3v) is 2.95. The summed E-state index contributed by atoms with van der Waals surface area (Å²) in [5.74, 6) is 0. The lowest BCUT2D eigenvalue weighted by molar-refractivity contribution is 0.0293. The monoisotopic (exact) mass is 177 g/mol. The molecule has 0 aliphatic carbocycles. The standard InChI is InChI=1S/C11H15NO/c1-9-11(13,7-8-12-9)10-5-3-2-4-6-10/h2-6,9,12-13H,7-8H2,1H3/t9-,11-/m1/s1. The highest BCUT2D eigenvalue weighted by Gasteiger charge is 2.39. The highest BCUT2D eigenvalue weighted by molar-refractivity contribution is 5.25. The highest BCUT2D eigenvalue weighted by Crippen LogP contribution is 2.31. The van der Waals surface area contributed by atoms with Gasteiger partial charge in [-0.25, -0.2) is 0 Å². The molecule has 13 heavy (non-hydrogen) atoms. The first kappa shape index (κ1) is 8.73. The van der Waals surface area contributed by atoms with E-state index >= 15 is 0 Å². The first-order valence-electron chi connectivity index (χ1n) is 4.75. The molecule has 0 saturated carbocycles. The van der Waals surface area contributed by atoms with Gasteiger partial charge in [0.2, 0.25) is 0 Å². The molecule has 1 saturated heterocycles. The fraction of sp³-hybridized carbons (Fsp3) is 0.455. The fourth-order valence-corrected chi connectivity index (χ4v) is 1.99. The Labute approximate surface area is 78.6 Å². The molecule has 0 amide bonds. The lowest BCUT2D eigenvalue weighted by Crippen LogP contribution is -2.37. The molecule has 0 radical (unpaired) electrons. The van der Waals surface area contributed by atoms with Crippen LogP contribution in [0.15, 0.2) is 30.3 Å². The molecule has 1 aromatic rings. The molecule has 1 aliphatic heterocycles. The second-order valence-electron chi connectivity index (χ2n) is 3.72. The van der Waals surface area contributed by atoms with Crippen molar-refractivity contribution in [2.24, 2.45) is 0 Å². The maximum atomic E-state index is 10.4. The van der Waals surface area contributed by atoms with Crippen molar-refractivity contribution < 1.29 is 5.11 Å². The Morgan fingerprint density at radius 2 is 2.08 bits per heavy atom. The third-order valence-electron chi connectivity index (χ3n) is 2.95. The van der Waals surface area contributed by atoms with Gasteiger partial charge in [-0.3, -0.25) is 0 Å². The molecule has 1 aliphatic rings. The molecular formula is C11H15NO. The van der Waals surface area contributed by atoms with E-state index in [4.69, 9.17) is 0 Å². The van der Waals surface area contributed by atoms with Crippen LogP contribution in [0.1, 0.15) is 18.9 Å². The van der Waals surface area contributed by atoms with E-state index in [2.05, 4.69) is 5.32 Å². The van der Waals surface area contributed by atoms with Crippen molar-refractivity contribution in [3.8, 4) is 0 Å². The minimum Gasteiger partial charge on any atom is -0.383 e.